The Bertz CT molecular complexity index is 387. The van der Waals surface area contributed by atoms with Gasteiger partial charge >= 0.3 is 0 Å². The molecule has 0 saturated heterocycles. The van der Waals surface area contributed by atoms with E-state index in [1.165, 1.54) is 0 Å². The standard InChI is InChI=1S/C12H16N2O/c1-14-8-10-5-2-4-9(6-3-7-13)11(10)12(14)15/h2,4-5H,3,6-8,13H2,1H3. The molecule has 0 aliphatic carbocycles. The van der Waals surface area contributed by atoms with Crippen molar-refractivity contribution in [3.8, 4) is 0 Å². The topological polar surface area (TPSA) is 46.3 Å². The van der Waals surface area contributed by atoms with Crippen LogP contribution in [0.15, 0.2) is 18.2 Å². The normalized spacial score (nSPS) is 14.5. The molecular formula is C12H16N2O. The Morgan fingerprint density at radius 1 is 1.47 bits per heavy atom. The van der Waals surface area contributed by atoms with Crippen molar-refractivity contribution >= 4 is 5.91 Å². The molecule has 15 heavy (non-hydrogen) atoms. The summed E-state index contributed by atoms with van der Waals surface area (Å²) in [6.45, 7) is 1.42. The molecule has 0 aromatic heterocycles. The minimum Gasteiger partial charge on any atom is -0.337 e. The molecule has 1 aliphatic heterocycles. The second-order valence-electron chi connectivity index (χ2n) is 4.00. The van der Waals surface area contributed by atoms with Gasteiger partial charge in [0.2, 0.25) is 0 Å². The van der Waals surface area contributed by atoms with Crippen molar-refractivity contribution < 1.29 is 4.79 Å². The Balaban J connectivity index is 2.34. The van der Waals surface area contributed by atoms with Crippen LogP contribution in [-0.4, -0.2) is 24.4 Å². The summed E-state index contributed by atoms with van der Waals surface area (Å²) >= 11 is 0. The molecule has 2 rings (SSSR count). The highest BCUT2D eigenvalue weighted by molar-refractivity contribution is 5.99. The van der Waals surface area contributed by atoms with E-state index in [2.05, 4.69) is 0 Å². The fourth-order valence-electron chi connectivity index (χ4n) is 2.08. The summed E-state index contributed by atoms with van der Waals surface area (Å²) in [5.41, 5.74) is 8.69. The van der Waals surface area contributed by atoms with Crippen LogP contribution in [-0.2, 0) is 13.0 Å². The highest BCUT2D eigenvalue weighted by atomic mass is 16.2. The summed E-state index contributed by atoms with van der Waals surface area (Å²) in [6, 6.07) is 6.09. The van der Waals surface area contributed by atoms with E-state index in [0.29, 0.717) is 6.54 Å². The van der Waals surface area contributed by atoms with E-state index in [0.717, 1.165) is 36.1 Å². The van der Waals surface area contributed by atoms with Crippen molar-refractivity contribution in [1.82, 2.24) is 4.90 Å². The van der Waals surface area contributed by atoms with Crippen LogP contribution in [0.1, 0.15) is 27.9 Å². The first-order valence-electron chi connectivity index (χ1n) is 5.30. The van der Waals surface area contributed by atoms with Crippen molar-refractivity contribution in [2.45, 2.75) is 19.4 Å². The SMILES string of the molecule is CN1Cc2cccc(CCCN)c2C1=O. The first-order valence-corrected chi connectivity index (χ1v) is 5.30. The predicted octanol–water partition coefficient (Wildman–Crippen LogP) is 1.16. The van der Waals surface area contributed by atoms with Gasteiger partial charge in [0.1, 0.15) is 0 Å². The van der Waals surface area contributed by atoms with Crippen LogP contribution in [0.4, 0.5) is 0 Å². The zero-order chi connectivity index (χ0) is 10.8. The molecule has 1 heterocycles. The molecule has 0 atom stereocenters. The molecule has 1 aromatic carbocycles. The fourth-order valence-corrected chi connectivity index (χ4v) is 2.08. The monoisotopic (exact) mass is 204 g/mol. The maximum atomic E-state index is 11.9. The first-order chi connectivity index (χ1) is 7.24. The van der Waals surface area contributed by atoms with Crippen molar-refractivity contribution in [1.29, 1.82) is 0 Å². The number of fused-ring (bicyclic) bond motifs is 1. The van der Waals surface area contributed by atoms with E-state index < -0.39 is 0 Å². The number of rotatable bonds is 3. The van der Waals surface area contributed by atoms with E-state index in [4.69, 9.17) is 5.73 Å². The summed E-state index contributed by atoms with van der Waals surface area (Å²) in [5.74, 6) is 0.151. The molecular weight excluding hydrogens is 188 g/mol. The van der Waals surface area contributed by atoms with E-state index >= 15 is 0 Å². The lowest BCUT2D eigenvalue weighted by atomic mass is 9.99. The zero-order valence-corrected chi connectivity index (χ0v) is 8.99. The van der Waals surface area contributed by atoms with Gasteiger partial charge in [-0.05, 0) is 30.5 Å². The number of nitrogens with two attached hydrogens (primary N) is 1. The molecule has 1 amide bonds. The average molecular weight is 204 g/mol. The van der Waals surface area contributed by atoms with Crippen LogP contribution in [0.2, 0.25) is 0 Å². The van der Waals surface area contributed by atoms with Gasteiger partial charge in [0.25, 0.3) is 5.91 Å². The van der Waals surface area contributed by atoms with E-state index in [9.17, 15) is 4.79 Å². The predicted molar refractivity (Wildman–Crippen MR) is 59.6 cm³/mol. The maximum absolute atomic E-state index is 11.9. The summed E-state index contributed by atoms with van der Waals surface area (Å²) in [5, 5.41) is 0. The second kappa shape index (κ2) is 4.03. The molecule has 0 saturated carbocycles. The van der Waals surface area contributed by atoms with E-state index in [1.807, 2.05) is 25.2 Å². The van der Waals surface area contributed by atoms with Gasteiger partial charge in [-0.3, -0.25) is 4.79 Å². The first kappa shape index (κ1) is 10.2. The molecule has 3 nitrogen and oxygen atoms in total. The molecule has 2 N–H and O–H groups in total. The number of benzene rings is 1. The van der Waals surface area contributed by atoms with E-state index in [-0.39, 0.29) is 5.91 Å². The van der Waals surface area contributed by atoms with Crippen LogP contribution < -0.4 is 5.73 Å². The van der Waals surface area contributed by atoms with Gasteiger partial charge in [-0.2, -0.15) is 0 Å². The molecule has 0 spiro atoms. The van der Waals surface area contributed by atoms with Crippen LogP contribution in [0.5, 0.6) is 0 Å². The quantitative estimate of drug-likeness (QED) is 0.803. The molecule has 0 bridgehead atoms. The van der Waals surface area contributed by atoms with Gasteiger partial charge in [-0.25, -0.2) is 0 Å². The zero-order valence-electron chi connectivity index (χ0n) is 8.99. The summed E-state index contributed by atoms with van der Waals surface area (Å²) in [4.78, 5) is 13.6. The molecule has 1 aromatic rings. The number of aryl methyl sites for hydroxylation is 1. The third-order valence-corrected chi connectivity index (χ3v) is 2.86. The second-order valence-corrected chi connectivity index (χ2v) is 4.00. The Morgan fingerprint density at radius 2 is 2.27 bits per heavy atom. The van der Waals surface area contributed by atoms with Gasteiger partial charge in [-0.15, -0.1) is 0 Å². The summed E-state index contributed by atoms with van der Waals surface area (Å²) in [7, 11) is 1.84. The number of hydrogen-bond acceptors (Lipinski definition) is 2. The number of amides is 1. The molecule has 80 valence electrons. The Kier molecular flexibility index (Phi) is 2.73. The fraction of sp³-hybridized carbons (Fsp3) is 0.417. The summed E-state index contributed by atoms with van der Waals surface area (Å²) < 4.78 is 0. The number of nitrogens with zero attached hydrogens (tertiary/aromatic N) is 1. The lowest BCUT2D eigenvalue weighted by Crippen LogP contribution is -2.18. The van der Waals surface area contributed by atoms with Gasteiger partial charge in [-0.1, -0.05) is 18.2 Å². The number of hydrogen-bond donors (Lipinski definition) is 1. The minimum absolute atomic E-state index is 0.151. The van der Waals surface area contributed by atoms with Gasteiger partial charge in [0.15, 0.2) is 0 Å². The highest BCUT2D eigenvalue weighted by Gasteiger charge is 2.26. The Morgan fingerprint density at radius 3 is 3.00 bits per heavy atom. The lowest BCUT2D eigenvalue weighted by molar-refractivity contribution is 0.0815. The third-order valence-electron chi connectivity index (χ3n) is 2.86. The highest BCUT2D eigenvalue weighted by Crippen LogP contribution is 2.25. The molecule has 0 fully saturated rings. The molecule has 0 radical (unpaired) electrons. The molecule has 0 unspecified atom stereocenters. The Hall–Kier alpha value is -1.35. The molecule has 3 heteroatoms. The van der Waals surface area contributed by atoms with Gasteiger partial charge < -0.3 is 10.6 Å². The van der Waals surface area contributed by atoms with Crippen LogP contribution in [0, 0.1) is 0 Å². The lowest BCUT2D eigenvalue weighted by Gasteiger charge is -2.07. The van der Waals surface area contributed by atoms with Gasteiger partial charge in [0.05, 0.1) is 0 Å². The van der Waals surface area contributed by atoms with E-state index in [1.54, 1.807) is 4.90 Å². The van der Waals surface area contributed by atoms with Crippen molar-refractivity contribution in [2.75, 3.05) is 13.6 Å². The van der Waals surface area contributed by atoms with Crippen LogP contribution in [0.25, 0.3) is 0 Å². The van der Waals surface area contributed by atoms with Crippen LogP contribution >= 0.6 is 0 Å². The molecule has 1 aliphatic rings. The number of carbonyl (C=O) groups is 1. The third kappa shape index (κ3) is 1.75. The smallest absolute Gasteiger partial charge is 0.254 e. The van der Waals surface area contributed by atoms with Crippen molar-refractivity contribution in [3.05, 3.63) is 34.9 Å². The Labute approximate surface area is 89.9 Å². The largest absolute Gasteiger partial charge is 0.337 e. The minimum atomic E-state index is 0.151. The van der Waals surface area contributed by atoms with Crippen LogP contribution in [0.3, 0.4) is 0 Å². The maximum Gasteiger partial charge on any atom is 0.254 e. The van der Waals surface area contributed by atoms with Gasteiger partial charge in [0, 0.05) is 19.2 Å². The van der Waals surface area contributed by atoms with Crippen molar-refractivity contribution in [3.63, 3.8) is 0 Å². The summed E-state index contributed by atoms with van der Waals surface area (Å²) in [6.07, 6.45) is 1.84. The van der Waals surface area contributed by atoms with Crippen molar-refractivity contribution in [2.24, 2.45) is 5.73 Å². The number of carbonyl (C=O) groups excluding carboxylic acids is 1. The average Bonchev–Trinajstić information content (AvgIpc) is 2.53.